The van der Waals surface area contributed by atoms with Gasteiger partial charge in [-0.05, 0) is 51.1 Å². The predicted molar refractivity (Wildman–Crippen MR) is 171 cm³/mol. The first-order valence-electron chi connectivity index (χ1n) is 14.4. The van der Waals surface area contributed by atoms with Crippen molar-refractivity contribution in [1.82, 2.24) is 19.4 Å². The van der Waals surface area contributed by atoms with Crippen molar-refractivity contribution >= 4 is 34.8 Å². The van der Waals surface area contributed by atoms with Crippen LogP contribution in [0.2, 0.25) is 5.02 Å². The van der Waals surface area contributed by atoms with Crippen LogP contribution < -0.4 is 15.4 Å². The summed E-state index contributed by atoms with van der Waals surface area (Å²) in [4.78, 5) is 37.6. The molecule has 12 heteroatoms. The Labute approximate surface area is 266 Å². The van der Waals surface area contributed by atoms with Gasteiger partial charge in [0, 0.05) is 61.3 Å². The lowest BCUT2D eigenvalue weighted by molar-refractivity contribution is 0.0745. The summed E-state index contributed by atoms with van der Waals surface area (Å²) in [5, 5.41) is 25.6. The van der Waals surface area contributed by atoms with Crippen LogP contribution in [0.1, 0.15) is 57.5 Å². The summed E-state index contributed by atoms with van der Waals surface area (Å²) in [6.07, 6.45) is 2.19. The molecule has 0 saturated heterocycles. The van der Waals surface area contributed by atoms with Gasteiger partial charge in [-0.2, -0.15) is 5.26 Å². The number of carbonyl (C=O) groups excluding carboxylic acids is 2. The maximum absolute atomic E-state index is 13.3. The van der Waals surface area contributed by atoms with E-state index in [0.717, 1.165) is 35.5 Å². The van der Waals surface area contributed by atoms with Crippen molar-refractivity contribution in [1.29, 1.82) is 5.26 Å². The second-order valence-electron chi connectivity index (χ2n) is 11.5. The maximum atomic E-state index is 13.3. The van der Waals surface area contributed by atoms with Gasteiger partial charge in [-0.25, -0.2) is 4.98 Å². The van der Waals surface area contributed by atoms with Gasteiger partial charge in [0.25, 0.3) is 11.8 Å². The molecule has 5 rings (SSSR count). The SMILES string of the molecule is Cc1c(NC(=O)c2cc(OCC#N)c(C(C)(C)O)cn2)cccc1-c1cccc(NC(=O)c2nc3c(n2C)CCN(C)C3)c1Cl. The summed E-state index contributed by atoms with van der Waals surface area (Å²) in [5.74, 6) is -0.343. The third-order valence-corrected chi connectivity index (χ3v) is 8.23. The van der Waals surface area contributed by atoms with Gasteiger partial charge in [-0.3, -0.25) is 14.6 Å². The van der Waals surface area contributed by atoms with Crippen LogP contribution in [0.15, 0.2) is 48.7 Å². The van der Waals surface area contributed by atoms with Gasteiger partial charge in [-0.15, -0.1) is 0 Å². The Morgan fingerprint density at radius 1 is 1.11 bits per heavy atom. The lowest BCUT2D eigenvalue weighted by Crippen LogP contribution is -2.27. The number of imidazole rings is 1. The third-order valence-electron chi connectivity index (χ3n) is 7.82. The van der Waals surface area contributed by atoms with E-state index in [4.69, 9.17) is 21.6 Å². The van der Waals surface area contributed by atoms with E-state index in [1.807, 2.05) is 43.8 Å². The molecule has 1 aliphatic rings. The van der Waals surface area contributed by atoms with E-state index in [-0.39, 0.29) is 24.0 Å². The van der Waals surface area contributed by atoms with E-state index in [2.05, 4.69) is 25.5 Å². The Bertz CT molecular complexity index is 1840. The highest BCUT2D eigenvalue weighted by molar-refractivity contribution is 6.36. The number of hydrogen-bond donors (Lipinski definition) is 3. The average Bonchev–Trinajstić information content (AvgIpc) is 3.32. The van der Waals surface area contributed by atoms with Crippen LogP contribution in [-0.2, 0) is 25.6 Å². The predicted octanol–water partition coefficient (Wildman–Crippen LogP) is 5.07. The van der Waals surface area contributed by atoms with Crippen LogP contribution in [0.3, 0.4) is 0 Å². The molecule has 0 saturated carbocycles. The lowest BCUT2D eigenvalue weighted by Gasteiger charge is -2.21. The van der Waals surface area contributed by atoms with Crippen LogP contribution in [-0.4, -0.2) is 56.6 Å². The number of halogens is 1. The molecule has 0 unspecified atom stereocenters. The van der Waals surface area contributed by atoms with Crippen LogP contribution in [0, 0.1) is 18.3 Å². The Balaban J connectivity index is 1.39. The number of aromatic nitrogens is 3. The minimum atomic E-state index is -1.29. The van der Waals surface area contributed by atoms with Gasteiger partial charge in [0.1, 0.15) is 17.5 Å². The normalized spacial score (nSPS) is 13.1. The summed E-state index contributed by atoms with van der Waals surface area (Å²) >= 11 is 6.87. The number of nitrogens with one attached hydrogen (secondary N) is 2. The number of pyridine rings is 1. The van der Waals surface area contributed by atoms with Crippen molar-refractivity contribution in [3.63, 3.8) is 0 Å². The Kier molecular flexibility index (Phi) is 8.93. The monoisotopic (exact) mass is 627 g/mol. The molecule has 3 N–H and O–H groups in total. The molecule has 0 radical (unpaired) electrons. The molecule has 11 nitrogen and oxygen atoms in total. The summed E-state index contributed by atoms with van der Waals surface area (Å²) in [7, 11) is 3.88. The van der Waals surface area contributed by atoms with Gasteiger partial charge in [-0.1, -0.05) is 35.9 Å². The zero-order valence-electron chi connectivity index (χ0n) is 25.7. The fraction of sp³-hybridized carbons (Fsp3) is 0.303. The largest absolute Gasteiger partial charge is 0.478 e. The second-order valence-corrected chi connectivity index (χ2v) is 11.9. The molecule has 1 aliphatic heterocycles. The molecule has 0 bridgehead atoms. The van der Waals surface area contributed by atoms with Crippen molar-refractivity contribution in [3.05, 3.63) is 87.7 Å². The number of hydrogen-bond acceptors (Lipinski definition) is 8. The second kappa shape index (κ2) is 12.7. The van der Waals surface area contributed by atoms with Crippen molar-refractivity contribution < 1.29 is 19.4 Å². The van der Waals surface area contributed by atoms with E-state index in [1.165, 1.54) is 12.3 Å². The zero-order valence-corrected chi connectivity index (χ0v) is 26.5. The quantitative estimate of drug-likeness (QED) is 0.246. The highest BCUT2D eigenvalue weighted by atomic mass is 35.5. The fourth-order valence-corrected chi connectivity index (χ4v) is 5.65. The van der Waals surface area contributed by atoms with Crippen LogP contribution >= 0.6 is 11.6 Å². The van der Waals surface area contributed by atoms with Gasteiger partial charge >= 0.3 is 0 Å². The minimum absolute atomic E-state index is 0.0473. The fourth-order valence-electron chi connectivity index (χ4n) is 5.38. The number of nitrogens with zero attached hydrogens (tertiary/aromatic N) is 5. The van der Waals surface area contributed by atoms with Crippen LogP contribution in [0.4, 0.5) is 11.4 Å². The van der Waals surface area contributed by atoms with Gasteiger partial charge in [0.2, 0.25) is 0 Å². The van der Waals surface area contributed by atoms with E-state index in [1.54, 1.807) is 38.1 Å². The first-order valence-corrected chi connectivity index (χ1v) is 14.7. The molecule has 2 aromatic carbocycles. The molecular weight excluding hydrogens is 594 g/mol. The number of anilines is 2. The van der Waals surface area contributed by atoms with E-state index < -0.39 is 11.5 Å². The first kappa shape index (κ1) is 31.7. The average molecular weight is 628 g/mol. The van der Waals surface area contributed by atoms with E-state index in [9.17, 15) is 14.7 Å². The Hall–Kier alpha value is -4.76. The third kappa shape index (κ3) is 6.54. The smallest absolute Gasteiger partial charge is 0.291 e. The van der Waals surface area contributed by atoms with Gasteiger partial charge < -0.3 is 29.9 Å². The van der Waals surface area contributed by atoms with Crippen LogP contribution in [0.5, 0.6) is 5.75 Å². The number of benzene rings is 2. The topological polar surface area (TPSA) is 145 Å². The highest BCUT2D eigenvalue weighted by Gasteiger charge is 2.26. The number of amides is 2. The highest BCUT2D eigenvalue weighted by Crippen LogP contribution is 2.38. The number of fused-ring (bicyclic) bond motifs is 1. The number of likely N-dealkylation sites (N-methyl/N-ethyl adjacent to an activating group) is 1. The lowest BCUT2D eigenvalue weighted by atomic mass is 9.98. The molecule has 4 aromatic rings. The molecule has 2 amide bonds. The summed E-state index contributed by atoms with van der Waals surface area (Å²) in [6.45, 7) is 6.33. The van der Waals surface area contributed by atoms with Crippen molar-refractivity contribution in [3.8, 4) is 22.9 Å². The van der Waals surface area contributed by atoms with Crippen molar-refractivity contribution in [2.45, 2.75) is 39.3 Å². The van der Waals surface area contributed by atoms with Gasteiger partial charge in [0.05, 0.1) is 22.0 Å². The summed E-state index contributed by atoms with van der Waals surface area (Å²) in [6, 6.07) is 14.1. The van der Waals surface area contributed by atoms with E-state index >= 15 is 0 Å². The molecule has 0 fully saturated rings. The molecule has 232 valence electrons. The maximum Gasteiger partial charge on any atom is 0.291 e. The summed E-state index contributed by atoms with van der Waals surface area (Å²) in [5.41, 5.74) is 4.20. The number of rotatable bonds is 8. The molecule has 0 spiro atoms. The molecular formula is C33H34ClN7O4. The molecule has 45 heavy (non-hydrogen) atoms. The van der Waals surface area contributed by atoms with Crippen molar-refractivity contribution in [2.24, 2.45) is 7.05 Å². The zero-order chi connectivity index (χ0) is 32.5. The molecule has 0 atom stereocenters. The number of nitriles is 1. The molecule has 2 aromatic heterocycles. The standard InChI is InChI=1S/C33H34ClN7O4/c1-19-20(8-6-10-23(19)38-31(42)25-16-28(45-15-13-35)22(17-36-25)33(2,3)44)21-9-7-11-24(29(21)34)39-32(43)30-37-26-18-40(4)14-12-27(26)41(30)5/h6-11,16-17,44H,12,14-15,18H2,1-5H3,(H,38,42)(H,39,43). The number of ether oxygens (including phenoxy) is 1. The van der Waals surface area contributed by atoms with Gasteiger partial charge in [0.15, 0.2) is 12.4 Å². The minimum Gasteiger partial charge on any atom is -0.478 e. The Morgan fingerprint density at radius 2 is 1.80 bits per heavy atom. The number of aliphatic hydroxyl groups is 1. The first-order chi connectivity index (χ1) is 21.4. The summed E-state index contributed by atoms with van der Waals surface area (Å²) < 4.78 is 7.32. The van der Waals surface area contributed by atoms with E-state index in [0.29, 0.717) is 39.9 Å². The van der Waals surface area contributed by atoms with Crippen molar-refractivity contribution in [2.75, 3.05) is 30.8 Å². The molecule has 3 heterocycles. The number of carbonyl (C=O) groups is 2. The molecule has 0 aliphatic carbocycles. The van der Waals surface area contributed by atoms with Crippen LogP contribution in [0.25, 0.3) is 11.1 Å². The Morgan fingerprint density at radius 3 is 2.51 bits per heavy atom.